The highest BCUT2D eigenvalue weighted by Crippen LogP contribution is 2.25. The quantitative estimate of drug-likeness (QED) is 0.844. The van der Waals surface area contributed by atoms with Gasteiger partial charge in [0.15, 0.2) is 5.01 Å². The Morgan fingerprint density at radius 1 is 1.41 bits per heavy atom. The van der Waals surface area contributed by atoms with E-state index >= 15 is 0 Å². The fourth-order valence-electron chi connectivity index (χ4n) is 2.70. The zero-order chi connectivity index (χ0) is 15.5. The lowest BCUT2D eigenvalue weighted by Crippen LogP contribution is -2.37. The van der Waals surface area contributed by atoms with Crippen LogP contribution in [0.5, 0.6) is 0 Å². The topological polar surface area (TPSA) is 55.1 Å². The number of alkyl halides is 2. The van der Waals surface area contributed by atoms with Gasteiger partial charge in [-0.2, -0.15) is 4.98 Å². The largest absolute Gasteiger partial charge is 0.339 e. The SMILES string of the molecule is Cc1cnc(-c2noc(CC3CCN(CC(F)F)CC3)n2)s1. The van der Waals surface area contributed by atoms with Crippen LogP contribution in [-0.4, -0.2) is 46.1 Å². The summed E-state index contributed by atoms with van der Waals surface area (Å²) in [4.78, 5) is 11.6. The fourth-order valence-corrected chi connectivity index (χ4v) is 3.39. The molecule has 0 spiro atoms. The van der Waals surface area contributed by atoms with E-state index in [2.05, 4.69) is 15.1 Å². The first-order chi connectivity index (χ1) is 10.6. The smallest absolute Gasteiger partial charge is 0.251 e. The van der Waals surface area contributed by atoms with Gasteiger partial charge in [0.05, 0.1) is 6.54 Å². The van der Waals surface area contributed by atoms with Crippen molar-refractivity contribution in [1.29, 1.82) is 0 Å². The molecule has 3 heterocycles. The van der Waals surface area contributed by atoms with Crippen LogP contribution in [0.1, 0.15) is 23.6 Å². The van der Waals surface area contributed by atoms with Crippen LogP contribution in [0.25, 0.3) is 10.8 Å². The van der Waals surface area contributed by atoms with Crippen LogP contribution >= 0.6 is 11.3 Å². The summed E-state index contributed by atoms with van der Waals surface area (Å²) in [7, 11) is 0. The van der Waals surface area contributed by atoms with Crippen molar-refractivity contribution in [3.05, 3.63) is 17.0 Å². The lowest BCUT2D eigenvalue weighted by Gasteiger charge is -2.30. The maximum absolute atomic E-state index is 12.3. The Bertz CT molecular complexity index is 608. The van der Waals surface area contributed by atoms with Crippen LogP contribution in [-0.2, 0) is 6.42 Å². The zero-order valence-corrected chi connectivity index (χ0v) is 13.2. The van der Waals surface area contributed by atoms with E-state index in [0.29, 0.717) is 37.1 Å². The molecule has 1 aliphatic rings. The second-order valence-corrected chi connectivity index (χ2v) is 6.86. The van der Waals surface area contributed by atoms with Crippen molar-refractivity contribution in [1.82, 2.24) is 20.0 Å². The van der Waals surface area contributed by atoms with E-state index in [0.717, 1.165) is 22.7 Å². The number of hydrogen-bond donors (Lipinski definition) is 0. The van der Waals surface area contributed by atoms with Gasteiger partial charge < -0.3 is 4.52 Å². The molecule has 1 aliphatic heterocycles. The second-order valence-electron chi connectivity index (χ2n) is 5.63. The molecule has 0 aliphatic carbocycles. The summed E-state index contributed by atoms with van der Waals surface area (Å²) in [5, 5.41) is 4.73. The molecule has 1 fully saturated rings. The van der Waals surface area contributed by atoms with Gasteiger partial charge in [-0.15, -0.1) is 11.3 Å². The minimum Gasteiger partial charge on any atom is -0.339 e. The van der Waals surface area contributed by atoms with Crippen molar-refractivity contribution in [3.63, 3.8) is 0 Å². The van der Waals surface area contributed by atoms with E-state index in [1.165, 1.54) is 11.3 Å². The molecular formula is C14H18F2N4OS. The van der Waals surface area contributed by atoms with Crippen LogP contribution in [0.15, 0.2) is 10.7 Å². The number of aromatic nitrogens is 3. The Morgan fingerprint density at radius 3 is 2.82 bits per heavy atom. The Hall–Kier alpha value is -1.41. The number of likely N-dealkylation sites (tertiary alicyclic amines) is 1. The van der Waals surface area contributed by atoms with E-state index < -0.39 is 6.43 Å². The number of halogens is 2. The first-order valence-electron chi connectivity index (χ1n) is 7.36. The predicted molar refractivity (Wildman–Crippen MR) is 79.0 cm³/mol. The van der Waals surface area contributed by atoms with E-state index in [-0.39, 0.29) is 6.54 Å². The van der Waals surface area contributed by atoms with Gasteiger partial charge in [-0.05, 0) is 38.8 Å². The van der Waals surface area contributed by atoms with E-state index in [1.807, 2.05) is 11.8 Å². The summed E-state index contributed by atoms with van der Waals surface area (Å²) in [6.45, 7) is 3.28. The molecule has 0 unspecified atom stereocenters. The molecule has 1 saturated heterocycles. The van der Waals surface area contributed by atoms with Crippen molar-refractivity contribution < 1.29 is 13.3 Å². The lowest BCUT2D eigenvalue weighted by atomic mass is 9.93. The molecular weight excluding hydrogens is 310 g/mol. The van der Waals surface area contributed by atoms with Crippen LogP contribution in [0.3, 0.4) is 0 Å². The van der Waals surface area contributed by atoms with Crippen molar-refractivity contribution in [3.8, 4) is 10.8 Å². The Morgan fingerprint density at radius 2 is 2.18 bits per heavy atom. The molecule has 5 nitrogen and oxygen atoms in total. The lowest BCUT2D eigenvalue weighted by molar-refractivity contribution is 0.0681. The molecule has 0 N–H and O–H groups in total. The number of nitrogens with zero attached hydrogens (tertiary/aromatic N) is 4. The van der Waals surface area contributed by atoms with Gasteiger partial charge in [-0.1, -0.05) is 5.16 Å². The average molecular weight is 328 g/mol. The Labute approximate surface area is 131 Å². The fraction of sp³-hybridized carbons (Fsp3) is 0.643. The van der Waals surface area contributed by atoms with E-state index in [4.69, 9.17) is 4.52 Å². The first-order valence-corrected chi connectivity index (χ1v) is 8.17. The standard InChI is InChI=1S/C14H18F2N4OS/c1-9-7-17-14(22-9)13-18-12(21-19-13)6-10-2-4-20(5-3-10)8-11(15)16/h7,10-11H,2-6,8H2,1H3. The molecule has 22 heavy (non-hydrogen) atoms. The monoisotopic (exact) mass is 328 g/mol. The third kappa shape index (κ3) is 3.86. The highest BCUT2D eigenvalue weighted by atomic mass is 32.1. The molecule has 0 amide bonds. The second kappa shape index (κ2) is 6.78. The number of hydrogen-bond acceptors (Lipinski definition) is 6. The Balaban J connectivity index is 1.53. The maximum Gasteiger partial charge on any atom is 0.251 e. The van der Waals surface area contributed by atoms with Crippen LogP contribution in [0, 0.1) is 12.8 Å². The van der Waals surface area contributed by atoms with Gasteiger partial charge in [0.25, 0.3) is 6.43 Å². The maximum atomic E-state index is 12.3. The van der Waals surface area contributed by atoms with Crippen LogP contribution < -0.4 is 0 Å². The van der Waals surface area contributed by atoms with E-state index in [9.17, 15) is 8.78 Å². The summed E-state index contributed by atoms with van der Waals surface area (Å²) in [6.07, 6.45) is 2.02. The van der Waals surface area contributed by atoms with Gasteiger partial charge in [0, 0.05) is 17.5 Å². The van der Waals surface area contributed by atoms with Crippen LogP contribution in [0.2, 0.25) is 0 Å². The molecule has 8 heteroatoms. The van der Waals surface area contributed by atoms with Gasteiger partial charge in [0.1, 0.15) is 0 Å². The summed E-state index contributed by atoms with van der Waals surface area (Å²) in [5.41, 5.74) is 0. The number of rotatable bonds is 5. The minimum atomic E-state index is -2.25. The normalized spacial score (nSPS) is 17.5. The van der Waals surface area contributed by atoms with Gasteiger partial charge in [-0.25, -0.2) is 13.8 Å². The third-order valence-electron chi connectivity index (χ3n) is 3.85. The van der Waals surface area contributed by atoms with Gasteiger partial charge in [-0.3, -0.25) is 4.90 Å². The zero-order valence-electron chi connectivity index (χ0n) is 12.3. The molecule has 120 valence electrons. The van der Waals surface area contributed by atoms with Crippen molar-refractivity contribution in [2.45, 2.75) is 32.6 Å². The average Bonchev–Trinajstić information content (AvgIpc) is 3.09. The van der Waals surface area contributed by atoms with Gasteiger partial charge >= 0.3 is 0 Å². The van der Waals surface area contributed by atoms with Crippen molar-refractivity contribution in [2.75, 3.05) is 19.6 Å². The molecule has 3 rings (SSSR count). The predicted octanol–water partition coefficient (Wildman–Crippen LogP) is 3.02. The number of piperidine rings is 1. The van der Waals surface area contributed by atoms with Gasteiger partial charge in [0.2, 0.25) is 11.7 Å². The summed E-state index contributed by atoms with van der Waals surface area (Å²) in [5.74, 6) is 1.55. The molecule has 0 bridgehead atoms. The molecule has 0 atom stereocenters. The first kappa shape index (κ1) is 15.5. The van der Waals surface area contributed by atoms with Crippen molar-refractivity contribution >= 4 is 11.3 Å². The molecule has 0 aromatic carbocycles. The highest BCUT2D eigenvalue weighted by molar-refractivity contribution is 7.14. The van der Waals surface area contributed by atoms with Crippen LogP contribution in [0.4, 0.5) is 8.78 Å². The van der Waals surface area contributed by atoms with E-state index in [1.54, 1.807) is 6.20 Å². The molecule has 2 aromatic heterocycles. The summed E-state index contributed by atoms with van der Waals surface area (Å²) in [6, 6.07) is 0. The summed E-state index contributed by atoms with van der Waals surface area (Å²) < 4.78 is 30.0. The molecule has 0 radical (unpaired) electrons. The minimum absolute atomic E-state index is 0.124. The summed E-state index contributed by atoms with van der Waals surface area (Å²) >= 11 is 1.53. The molecule has 0 saturated carbocycles. The van der Waals surface area contributed by atoms with Crippen molar-refractivity contribution in [2.24, 2.45) is 5.92 Å². The number of aryl methyl sites for hydroxylation is 1. The Kier molecular flexibility index (Phi) is 4.77. The number of thiazole rings is 1. The third-order valence-corrected chi connectivity index (χ3v) is 4.76. The highest BCUT2D eigenvalue weighted by Gasteiger charge is 2.23. The molecule has 2 aromatic rings.